The van der Waals surface area contributed by atoms with Crippen molar-refractivity contribution in [3.63, 3.8) is 0 Å². The topological polar surface area (TPSA) is 75.7 Å². The van der Waals surface area contributed by atoms with Crippen LogP contribution in [-0.2, 0) is 21.2 Å². The molecule has 1 N–H and O–H groups in total. The van der Waals surface area contributed by atoms with E-state index in [0.29, 0.717) is 18.7 Å². The molecule has 0 bridgehead atoms. The Labute approximate surface area is 167 Å². The number of anilines is 1. The highest BCUT2D eigenvalue weighted by Crippen LogP contribution is 2.22. The summed E-state index contributed by atoms with van der Waals surface area (Å²) in [5, 5.41) is 2.88. The molecule has 0 aliphatic carbocycles. The van der Waals surface area contributed by atoms with Crippen molar-refractivity contribution in [2.75, 3.05) is 24.2 Å². The standard InChI is InChI=1S/C21H28N2O4S/c1-4-20(23(28(3,25)26)18-12-6-5-7-13-18)21(24)22-15-9-11-17-10-8-14-19(16-17)27-2/h5-8,10,12-14,16,20H,4,9,11,15H2,1-3H3,(H,22,24)/t20-/m0/s1. The average Bonchev–Trinajstić information content (AvgIpc) is 2.69. The number of para-hydroxylation sites is 1. The lowest BCUT2D eigenvalue weighted by atomic mass is 10.1. The zero-order valence-corrected chi connectivity index (χ0v) is 17.4. The lowest BCUT2D eigenvalue weighted by Gasteiger charge is -2.30. The van der Waals surface area contributed by atoms with Crippen LogP contribution in [0, 0.1) is 0 Å². The maximum absolute atomic E-state index is 12.7. The van der Waals surface area contributed by atoms with E-state index in [1.165, 1.54) is 4.31 Å². The Balaban J connectivity index is 1.99. The van der Waals surface area contributed by atoms with Gasteiger partial charge in [-0.15, -0.1) is 0 Å². The summed E-state index contributed by atoms with van der Waals surface area (Å²) in [5.41, 5.74) is 1.62. The van der Waals surface area contributed by atoms with E-state index in [-0.39, 0.29) is 5.91 Å². The molecule has 7 heteroatoms. The van der Waals surface area contributed by atoms with Crippen LogP contribution in [0.4, 0.5) is 5.69 Å². The van der Waals surface area contributed by atoms with Crippen LogP contribution in [0.3, 0.4) is 0 Å². The molecule has 28 heavy (non-hydrogen) atoms. The van der Waals surface area contributed by atoms with Gasteiger partial charge >= 0.3 is 0 Å². The number of hydrogen-bond acceptors (Lipinski definition) is 4. The predicted molar refractivity (Wildman–Crippen MR) is 112 cm³/mol. The van der Waals surface area contributed by atoms with E-state index < -0.39 is 16.1 Å². The highest BCUT2D eigenvalue weighted by atomic mass is 32.2. The SMILES string of the molecule is CC[C@@H](C(=O)NCCCc1cccc(OC)c1)N(c1ccccc1)S(C)(=O)=O. The molecule has 0 aromatic heterocycles. The van der Waals surface area contributed by atoms with Crippen molar-refractivity contribution in [1.29, 1.82) is 0 Å². The molecule has 0 unspecified atom stereocenters. The molecule has 0 saturated heterocycles. The van der Waals surface area contributed by atoms with Gasteiger partial charge in [-0.3, -0.25) is 9.10 Å². The molecule has 2 rings (SSSR count). The highest BCUT2D eigenvalue weighted by molar-refractivity contribution is 7.92. The number of carbonyl (C=O) groups is 1. The van der Waals surface area contributed by atoms with Crippen molar-refractivity contribution in [2.24, 2.45) is 0 Å². The first-order valence-corrected chi connectivity index (χ1v) is 11.2. The lowest BCUT2D eigenvalue weighted by molar-refractivity contribution is -0.122. The van der Waals surface area contributed by atoms with Crippen LogP contribution in [0.2, 0.25) is 0 Å². The first-order chi connectivity index (χ1) is 13.4. The fourth-order valence-corrected chi connectivity index (χ4v) is 4.30. The molecule has 0 spiro atoms. The van der Waals surface area contributed by atoms with Crippen molar-refractivity contribution in [3.05, 3.63) is 60.2 Å². The van der Waals surface area contributed by atoms with Gasteiger partial charge in [-0.05, 0) is 49.1 Å². The Morgan fingerprint density at radius 1 is 1.14 bits per heavy atom. The van der Waals surface area contributed by atoms with Crippen LogP contribution < -0.4 is 14.4 Å². The maximum Gasteiger partial charge on any atom is 0.243 e. The Bertz CT molecular complexity index is 869. The second-order valence-corrected chi connectivity index (χ2v) is 8.42. The van der Waals surface area contributed by atoms with E-state index in [2.05, 4.69) is 5.32 Å². The lowest BCUT2D eigenvalue weighted by Crippen LogP contribution is -2.49. The number of nitrogens with zero attached hydrogens (tertiary/aromatic N) is 1. The minimum Gasteiger partial charge on any atom is -0.497 e. The largest absolute Gasteiger partial charge is 0.497 e. The van der Waals surface area contributed by atoms with E-state index in [9.17, 15) is 13.2 Å². The predicted octanol–water partition coefficient (Wildman–Crippen LogP) is 2.99. The zero-order valence-electron chi connectivity index (χ0n) is 16.6. The number of ether oxygens (including phenoxy) is 1. The summed E-state index contributed by atoms with van der Waals surface area (Å²) in [5.74, 6) is 0.515. The Morgan fingerprint density at radius 3 is 2.46 bits per heavy atom. The van der Waals surface area contributed by atoms with Crippen LogP contribution in [-0.4, -0.2) is 40.3 Å². The van der Waals surface area contributed by atoms with E-state index >= 15 is 0 Å². The minimum absolute atomic E-state index is 0.289. The van der Waals surface area contributed by atoms with Crippen molar-refractivity contribution in [2.45, 2.75) is 32.2 Å². The Morgan fingerprint density at radius 2 is 1.86 bits per heavy atom. The van der Waals surface area contributed by atoms with E-state index in [0.717, 1.165) is 30.4 Å². The van der Waals surface area contributed by atoms with Crippen molar-refractivity contribution in [3.8, 4) is 5.75 Å². The first kappa shape index (κ1) is 21.8. The summed E-state index contributed by atoms with van der Waals surface area (Å²) in [4.78, 5) is 12.7. The van der Waals surface area contributed by atoms with Crippen molar-refractivity contribution in [1.82, 2.24) is 5.32 Å². The van der Waals surface area contributed by atoms with Gasteiger partial charge in [0.2, 0.25) is 15.9 Å². The molecule has 0 fully saturated rings. The third-order valence-corrected chi connectivity index (χ3v) is 5.60. The molecule has 2 aromatic carbocycles. The minimum atomic E-state index is -3.60. The number of methoxy groups -OCH3 is 1. The van der Waals surface area contributed by atoms with Gasteiger partial charge in [-0.25, -0.2) is 8.42 Å². The van der Waals surface area contributed by atoms with E-state index in [4.69, 9.17) is 4.74 Å². The normalized spacial score (nSPS) is 12.2. The Hall–Kier alpha value is -2.54. The first-order valence-electron chi connectivity index (χ1n) is 9.32. The number of carbonyl (C=O) groups excluding carboxylic acids is 1. The van der Waals surface area contributed by atoms with E-state index in [1.807, 2.05) is 37.3 Å². The number of aryl methyl sites for hydroxylation is 1. The third kappa shape index (κ3) is 5.99. The summed E-state index contributed by atoms with van der Waals surface area (Å²) < 4.78 is 31.1. The molecule has 0 aliphatic rings. The molecule has 152 valence electrons. The molecule has 1 amide bonds. The summed E-state index contributed by atoms with van der Waals surface area (Å²) in [7, 11) is -1.97. The molecule has 0 saturated carbocycles. The second kappa shape index (κ2) is 10.1. The zero-order chi connectivity index (χ0) is 20.6. The Kier molecular flexibility index (Phi) is 7.87. The molecule has 0 aliphatic heterocycles. The van der Waals surface area contributed by atoms with Crippen LogP contribution in [0.5, 0.6) is 5.75 Å². The molecule has 6 nitrogen and oxygen atoms in total. The van der Waals surface area contributed by atoms with Gasteiger partial charge in [0, 0.05) is 6.54 Å². The second-order valence-electron chi connectivity index (χ2n) is 6.56. The summed E-state index contributed by atoms with van der Waals surface area (Å²) in [6.45, 7) is 2.28. The van der Waals surface area contributed by atoms with Crippen molar-refractivity contribution >= 4 is 21.6 Å². The monoisotopic (exact) mass is 404 g/mol. The molecule has 0 heterocycles. The summed E-state index contributed by atoms with van der Waals surface area (Å²) in [6.07, 6.45) is 3.05. The number of hydrogen-bond donors (Lipinski definition) is 1. The number of nitrogens with one attached hydrogen (secondary N) is 1. The van der Waals surface area contributed by atoms with E-state index in [1.54, 1.807) is 31.4 Å². The van der Waals surface area contributed by atoms with Gasteiger partial charge in [0.25, 0.3) is 0 Å². The van der Waals surface area contributed by atoms with Crippen LogP contribution in [0.1, 0.15) is 25.3 Å². The molecule has 0 radical (unpaired) electrons. The van der Waals surface area contributed by atoms with Crippen molar-refractivity contribution < 1.29 is 17.9 Å². The maximum atomic E-state index is 12.7. The van der Waals surface area contributed by atoms with Gasteiger partial charge in [-0.1, -0.05) is 37.3 Å². The summed E-state index contributed by atoms with van der Waals surface area (Å²) >= 11 is 0. The van der Waals surface area contributed by atoms with Gasteiger partial charge in [-0.2, -0.15) is 0 Å². The van der Waals surface area contributed by atoms with Gasteiger partial charge in [0.1, 0.15) is 11.8 Å². The van der Waals surface area contributed by atoms with Gasteiger partial charge in [0.05, 0.1) is 19.1 Å². The quantitative estimate of drug-likeness (QED) is 0.618. The third-order valence-electron chi connectivity index (χ3n) is 4.42. The number of benzene rings is 2. The smallest absolute Gasteiger partial charge is 0.243 e. The summed E-state index contributed by atoms with van der Waals surface area (Å²) in [6, 6.07) is 15.7. The average molecular weight is 405 g/mol. The van der Waals surface area contributed by atoms with Gasteiger partial charge < -0.3 is 10.1 Å². The molecular formula is C21H28N2O4S. The van der Waals surface area contributed by atoms with Crippen LogP contribution in [0.25, 0.3) is 0 Å². The molecular weight excluding hydrogens is 376 g/mol. The number of rotatable bonds is 10. The number of amides is 1. The van der Waals surface area contributed by atoms with Crippen LogP contribution in [0.15, 0.2) is 54.6 Å². The fourth-order valence-electron chi connectivity index (χ4n) is 3.09. The molecule has 1 atom stereocenters. The number of sulfonamides is 1. The fraction of sp³-hybridized carbons (Fsp3) is 0.381. The van der Waals surface area contributed by atoms with Crippen LogP contribution >= 0.6 is 0 Å². The molecule has 2 aromatic rings. The highest BCUT2D eigenvalue weighted by Gasteiger charge is 2.31. The van der Waals surface area contributed by atoms with Gasteiger partial charge in [0.15, 0.2) is 0 Å².